The van der Waals surface area contributed by atoms with E-state index in [0.717, 1.165) is 50.1 Å². The van der Waals surface area contributed by atoms with E-state index in [9.17, 15) is 8.78 Å². The number of piperidine rings is 1. The standard InChI is InChI=1S/C21H26F2N2O/c1-16-15-18(23)5-8-21(16)24-19-9-12-25(13-10-19)11-2-14-26-20-6-3-17(22)4-7-20/h3-8,15,19,24H,2,9-14H2,1H3. The lowest BCUT2D eigenvalue weighted by Gasteiger charge is -2.33. The van der Waals surface area contributed by atoms with E-state index < -0.39 is 0 Å². The summed E-state index contributed by atoms with van der Waals surface area (Å²) in [5.41, 5.74) is 1.97. The molecule has 0 spiro atoms. The van der Waals surface area contributed by atoms with Crippen molar-refractivity contribution in [3.8, 4) is 5.75 Å². The summed E-state index contributed by atoms with van der Waals surface area (Å²) >= 11 is 0. The molecule has 5 heteroatoms. The predicted octanol–water partition coefficient (Wildman–Crippen LogP) is 4.62. The molecule has 1 aliphatic rings. The van der Waals surface area contributed by atoms with Crippen LogP contribution < -0.4 is 10.1 Å². The van der Waals surface area contributed by atoms with Gasteiger partial charge in [0.05, 0.1) is 6.61 Å². The number of benzene rings is 2. The molecule has 1 fully saturated rings. The van der Waals surface area contributed by atoms with Gasteiger partial charge in [-0.1, -0.05) is 0 Å². The number of nitrogens with one attached hydrogen (secondary N) is 1. The third-order valence-electron chi connectivity index (χ3n) is 4.84. The van der Waals surface area contributed by atoms with Crippen LogP contribution in [0.5, 0.6) is 5.75 Å². The van der Waals surface area contributed by atoms with Gasteiger partial charge in [0, 0.05) is 31.4 Å². The van der Waals surface area contributed by atoms with Crippen molar-refractivity contribution in [3.05, 3.63) is 59.7 Å². The van der Waals surface area contributed by atoms with Gasteiger partial charge >= 0.3 is 0 Å². The summed E-state index contributed by atoms with van der Waals surface area (Å²) in [7, 11) is 0. The maximum atomic E-state index is 13.2. The molecule has 26 heavy (non-hydrogen) atoms. The van der Waals surface area contributed by atoms with Crippen LogP contribution in [0.2, 0.25) is 0 Å². The molecular formula is C21H26F2N2O. The zero-order chi connectivity index (χ0) is 18.4. The number of likely N-dealkylation sites (tertiary alicyclic amines) is 1. The molecular weight excluding hydrogens is 334 g/mol. The highest BCUT2D eigenvalue weighted by atomic mass is 19.1. The largest absolute Gasteiger partial charge is 0.494 e. The van der Waals surface area contributed by atoms with Gasteiger partial charge in [-0.15, -0.1) is 0 Å². The van der Waals surface area contributed by atoms with Crippen molar-refractivity contribution in [2.75, 3.05) is 31.6 Å². The molecule has 3 nitrogen and oxygen atoms in total. The fraction of sp³-hybridized carbons (Fsp3) is 0.429. The van der Waals surface area contributed by atoms with Gasteiger partial charge in [0.15, 0.2) is 0 Å². The first-order chi connectivity index (χ1) is 12.6. The van der Waals surface area contributed by atoms with Crippen LogP contribution >= 0.6 is 0 Å². The summed E-state index contributed by atoms with van der Waals surface area (Å²) in [6.07, 6.45) is 3.11. The van der Waals surface area contributed by atoms with E-state index in [1.807, 2.05) is 13.0 Å². The lowest BCUT2D eigenvalue weighted by atomic mass is 10.0. The van der Waals surface area contributed by atoms with E-state index in [4.69, 9.17) is 4.74 Å². The Bertz CT molecular complexity index is 698. The molecule has 1 heterocycles. The number of rotatable bonds is 7. The number of aryl methyl sites for hydroxylation is 1. The van der Waals surface area contributed by atoms with Crippen LogP contribution in [0.1, 0.15) is 24.8 Å². The van der Waals surface area contributed by atoms with Gasteiger partial charge in [0.2, 0.25) is 0 Å². The molecule has 1 aliphatic heterocycles. The van der Waals surface area contributed by atoms with Crippen molar-refractivity contribution in [2.45, 2.75) is 32.2 Å². The summed E-state index contributed by atoms with van der Waals surface area (Å²) in [5.74, 6) is 0.277. The molecule has 1 saturated heterocycles. The molecule has 0 atom stereocenters. The minimum Gasteiger partial charge on any atom is -0.494 e. The molecule has 0 amide bonds. The van der Waals surface area contributed by atoms with Gasteiger partial charge < -0.3 is 15.0 Å². The van der Waals surface area contributed by atoms with Gasteiger partial charge in [-0.25, -0.2) is 8.78 Å². The first-order valence-corrected chi connectivity index (χ1v) is 9.23. The van der Waals surface area contributed by atoms with Crippen LogP contribution in [0.3, 0.4) is 0 Å². The first-order valence-electron chi connectivity index (χ1n) is 9.23. The molecule has 0 radical (unpaired) electrons. The average molecular weight is 360 g/mol. The molecule has 140 valence electrons. The Morgan fingerprint density at radius 3 is 2.42 bits per heavy atom. The number of nitrogens with zero attached hydrogens (tertiary/aromatic N) is 1. The number of hydrogen-bond donors (Lipinski definition) is 1. The summed E-state index contributed by atoms with van der Waals surface area (Å²) in [6, 6.07) is 11.5. The second-order valence-corrected chi connectivity index (χ2v) is 6.88. The van der Waals surface area contributed by atoms with E-state index in [-0.39, 0.29) is 11.6 Å². The zero-order valence-corrected chi connectivity index (χ0v) is 15.2. The highest BCUT2D eigenvalue weighted by Gasteiger charge is 2.19. The first kappa shape index (κ1) is 18.6. The fourth-order valence-corrected chi connectivity index (χ4v) is 3.32. The maximum absolute atomic E-state index is 13.2. The lowest BCUT2D eigenvalue weighted by molar-refractivity contribution is 0.198. The molecule has 0 bridgehead atoms. The quantitative estimate of drug-likeness (QED) is 0.729. The normalized spacial score (nSPS) is 15.8. The average Bonchev–Trinajstić information content (AvgIpc) is 2.64. The number of hydrogen-bond acceptors (Lipinski definition) is 3. The molecule has 1 N–H and O–H groups in total. The van der Waals surface area contributed by atoms with Crippen LogP contribution in [-0.4, -0.2) is 37.2 Å². The number of anilines is 1. The minimum atomic E-state index is -0.246. The monoisotopic (exact) mass is 360 g/mol. The van der Waals surface area contributed by atoms with Gasteiger partial charge in [0.1, 0.15) is 17.4 Å². The van der Waals surface area contributed by atoms with Gasteiger partial charge in [-0.3, -0.25) is 0 Å². The molecule has 2 aromatic carbocycles. The highest BCUT2D eigenvalue weighted by molar-refractivity contribution is 5.51. The highest BCUT2D eigenvalue weighted by Crippen LogP contribution is 2.21. The van der Waals surface area contributed by atoms with Crippen LogP contribution in [-0.2, 0) is 0 Å². The van der Waals surface area contributed by atoms with Crippen molar-refractivity contribution in [2.24, 2.45) is 0 Å². The van der Waals surface area contributed by atoms with Crippen LogP contribution in [0.15, 0.2) is 42.5 Å². The molecule has 2 aromatic rings. The number of ether oxygens (including phenoxy) is 1. The molecule has 0 unspecified atom stereocenters. The van der Waals surface area contributed by atoms with Gasteiger partial charge in [-0.2, -0.15) is 0 Å². The van der Waals surface area contributed by atoms with Crippen molar-refractivity contribution in [1.29, 1.82) is 0 Å². The Morgan fingerprint density at radius 1 is 1.04 bits per heavy atom. The van der Waals surface area contributed by atoms with E-state index >= 15 is 0 Å². The van der Waals surface area contributed by atoms with Crippen molar-refractivity contribution in [3.63, 3.8) is 0 Å². The third kappa shape index (κ3) is 5.43. The SMILES string of the molecule is Cc1cc(F)ccc1NC1CCN(CCCOc2ccc(F)cc2)CC1. The van der Waals surface area contributed by atoms with Crippen LogP contribution in [0.4, 0.5) is 14.5 Å². The Kier molecular flexibility index (Phi) is 6.45. The Balaban J connectivity index is 1.34. The Morgan fingerprint density at radius 2 is 1.73 bits per heavy atom. The second kappa shape index (κ2) is 8.99. The Hall–Kier alpha value is -2.14. The minimum absolute atomic E-state index is 0.189. The molecule has 0 saturated carbocycles. The lowest BCUT2D eigenvalue weighted by Crippen LogP contribution is -2.39. The van der Waals surface area contributed by atoms with Crippen molar-refractivity contribution >= 4 is 5.69 Å². The third-order valence-corrected chi connectivity index (χ3v) is 4.84. The van der Waals surface area contributed by atoms with Gasteiger partial charge in [0.25, 0.3) is 0 Å². The smallest absolute Gasteiger partial charge is 0.123 e. The number of halogens is 2. The zero-order valence-electron chi connectivity index (χ0n) is 15.2. The predicted molar refractivity (Wildman–Crippen MR) is 101 cm³/mol. The molecule has 0 aromatic heterocycles. The summed E-state index contributed by atoms with van der Waals surface area (Å²) < 4.78 is 31.7. The van der Waals surface area contributed by atoms with Crippen LogP contribution in [0, 0.1) is 18.6 Å². The van der Waals surface area contributed by atoms with Crippen molar-refractivity contribution < 1.29 is 13.5 Å². The second-order valence-electron chi connectivity index (χ2n) is 6.88. The summed E-state index contributed by atoms with van der Waals surface area (Å²) in [6.45, 7) is 5.67. The van der Waals surface area contributed by atoms with E-state index in [2.05, 4.69) is 10.2 Å². The molecule has 0 aliphatic carbocycles. The fourth-order valence-electron chi connectivity index (χ4n) is 3.32. The van der Waals surface area contributed by atoms with E-state index in [1.165, 1.54) is 18.2 Å². The van der Waals surface area contributed by atoms with Crippen molar-refractivity contribution in [1.82, 2.24) is 4.90 Å². The van der Waals surface area contributed by atoms with E-state index in [1.54, 1.807) is 18.2 Å². The van der Waals surface area contributed by atoms with Crippen LogP contribution in [0.25, 0.3) is 0 Å². The molecule has 3 rings (SSSR count). The maximum Gasteiger partial charge on any atom is 0.123 e. The summed E-state index contributed by atoms with van der Waals surface area (Å²) in [5, 5.41) is 3.54. The van der Waals surface area contributed by atoms with Gasteiger partial charge in [-0.05, 0) is 74.2 Å². The van der Waals surface area contributed by atoms with E-state index in [0.29, 0.717) is 18.4 Å². The summed E-state index contributed by atoms with van der Waals surface area (Å²) in [4.78, 5) is 2.45. The topological polar surface area (TPSA) is 24.5 Å². The Labute approximate surface area is 154 Å².